The Hall–Kier alpha value is -1.59. The molecule has 0 N–H and O–H groups in total. The summed E-state index contributed by atoms with van der Waals surface area (Å²) in [5, 5.41) is 1.35. The fourth-order valence-corrected chi connectivity index (χ4v) is 4.26. The zero-order valence-electron chi connectivity index (χ0n) is 12.6. The van der Waals surface area contributed by atoms with Crippen molar-refractivity contribution < 1.29 is 0 Å². The highest BCUT2D eigenvalue weighted by Crippen LogP contribution is 2.35. The molecule has 0 bridgehead atoms. The molecule has 0 fully saturated rings. The van der Waals surface area contributed by atoms with Crippen LogP contribution in [0.5, 0.6) is 0 Å². The predicted molar refractivity (Wildman–Crippen MR) is 96.1 cm³/mol. The molecule has 4 rings (SSSR count). The molecule has 0 atom stereocenters. The second-order valence-electron chi connectivity index (χ2n) is 5.87. The van der Waals surface area contributed by atoms with Crippen molar-refractivity contribution in [3.8, 4) is 11.3 Å². The summed E-state index contributed by atoms with van der Waals surface area (Å²) in [5.74, 6) is 0.893. The Labute approximate surface area is 146 Å². The smallest absolute Gasteiger partial charge is 0.264 e. The highest BCUT2D eigenvalue weighted by Gasteiger charge is 2.22. The molecule has 4 nitrogen and oxygen atoms in total. The first-order chi connectivity index (χ1) is 11.1. The van der Waals surface area contributed by atoms with Crippen molar-refractivity contribution in [2.45, 2.75) is 25.8 Å². The maximum absolute atomic E-state index is 12.9. The maximum Gasteiger partial charge on any atom is 0.264 e. The van der Waals surface area contributed by atoms with Gasteiger partial charge >= 0.3 is 0 Å². The van der Waals surface area contributed by atoms with Crippen molar-refractivity contribution in [1.82, 2.24) is 14.1 Å². The number of nitrogens with zero attached hydrogens (tertiary/aromatic N) is 3. The van der Waals surface area contributed by atoms with Crippen molar-refractivity contribution in [3.05, 3.63) is 49.9 Å². The van der Waals surface area contributed by atoms with Crippen LogP contribution in [0.15, 0.2) is 33.5 Å². The largest absolute Gasteiger partial charge is 0.327 e. The standard InChI is InChI=1S/C17H15BrClN3O/c1-21-15(10-5-7-11(19)8-6-10)14(18)13-16(21)20-12-4-2-3-9-22(12)17(13)23/h5-8H,2-4,9H2,1H3. The van der Waals surface area contributed by atoms with Gasteiger partial charge in [0.15, 0.2) is 0 Å². The van der Waals surface area contributed by atoms with E-state index in [1.165, 1.54) is 0 Å². The molecule has 1 aliphatic heterocycles. The molecule has 6 heteroatoms. The molecule has 23 heavy (non-hydrogen) atoms. The van der Waals surface area contributed by atoms with Crippen LogP contribution in [0.2, 0.25) is 5.02 Å². The van der Waals surface area contributed by atoms with Gasteiger partial charge in [-0.15, -0.1) is 0 Å². The lowest BCUT2D eigenvalue weighted by Crippen LogP contribution is -2.28. The van der Waals surface area contributed by atoms with E-state index in [-0.39, 0.29) is 5.56 Å². The lowest BCUT2D eigenvalue weighted by Gasteiger charge is -2.17. The minimum Gasteiger partial charge on any atom is -0.327 e. The van der Waals surface area contributed by atoms with Crippen LogP contribution < -0.4 is 5.56 Å². The Morgan fingerprint density at radius 1 is 1.22 bits per heavy atom. The predicted octanol–water partition coefficient (Wildman–Crippen LogP) is 4.15. The summed E-state index contributed by atoms with van der Waals surface area (Å²) in [6, 6.07) is 7.62. The fraction of sp³-hybridized carbons (Fsp3) is 0.294. The second kappa shape index (κ2) is 5.49. The lowest BCUT2D eigenvalue weighted by molar-refractivity contribution is 0.500. The Bertz CT molecular complexity index is 972. The van der Waals surface area contributed by atoms with Gasteiger partial charge in [-0.1, -0.05) is 23.7 Å². The lowest BCUT2D eigenvalue weighted by atomic mass is 10.1. The van der Waals surface area contributed by atoms with E-state index >= 15 is 0 Å². The number of halogens is 2. The minimum atomic E-state index is 0.0485. The van der Waals surface area contributed by atoms with Gasteiger partial charge in [0.1, 0.15) is 11.5 Å². The van der Waals surface area contributed by atoms with E-state index in [2.05, 4.69) is 15.9 Å². The third-order valence-electron chi connectivity index (χ3n) is 4.46. The number of benzene rings is 1. The summed E-state index contributed by atoms with van der Waals surface area (Å²) in [7, 11) is 1.95. The van der Waals surface area contributed by atoms with Gasteiger partial charge in [-0.3, -0.25) is 9.36 Å². The number of hydrogen-bond donors (Lipinski definition) is 0. The van der Waals surface area contributed by atoms with Gasteiger partial charge in [0.2, 0.25) is 0 Å². The second-order valence-corrected chi connectivity index (χ2v) is 7.10. The first-order valence-electron chi connectivity index (χ1n) is 7.61. The monoisotopic (exact) mass is 391 g/mol. The third-order valence-corrected chi connectivity index (χ3v) is 5.48. The Kier molecular flexibility index (Phi) is 3.58. The van der Waals surface area contributed by atoms with E-state index < -0.39 is 0 Å². The van der Waals surface area contributed by atoms with E-state index in [0.29, 0.717) is 10.4 Å². The van der Waals surface area contributed by atoms with Gasteiger partial charge in [-0.25, -0.2) is 4.98 Å². The molecule has 0 saturated heterocycles. The van der Waals surface area contributed by atoms with Crippen LogP contribution >= 0.6 is 27.5 Å². The van der Waals surface area contributed by atoms with E-state index in [9.17, 15) is 4.79 Å². The average molecular weight is 393 g/mol. The molecule has 0 radical (unpaired) electrons. The van der Waals surface area contributed by atoms with Gasteiger partial charge in [-0.2, -0.15) is 0 Å². The van der Waals surface area contributed by atoms with Crippen LogP contribution in [-0.4, -0.2) is 14.1 Å². The van der Waals surface area contributed by atoms with Crippen LogP contribution in [-0.2, 0) is 20.0 Å². The number of hydrogen-bond acceptors (Lipinski definition) is 2. The van der Waals surface area contributed by atoms with Gasteiger partial charge in [0.25, 0.3) is 5.56 Å². The average Bonchev–Trinajstić information content (AvgIpc) is 2.80. The highest BCUT2D eigenvalue weighted by atomic mass is 79.9. The van der Waals surface area contributed by atoms with Crippen molar-refractivity contribution in [3.63, 3.8) is 0 Å². The molecule has 0 saturated carbocycles. The molecule has 0 amide bonds. The molecule has 1 aromatic carbocycles. The number of aromatic nitrogens is 3. The first kappa shape index (κ1) is 15.0. The van der Waals surface area contributed by atoms with Gasteiger partial charge < -0.3 is 4.57 Å². The fourth-order valence-electron chi connectivity index (χ4n) is 3.30. The van der Waals surface area contributed by atoms with Gasteiger partial charge in [-0.05, 0) is 46.5 Å². The summed E-state index contributed by atoms with van der Waals surface area (Å²) in [6.45, 7) is 0.759. The van der Waals surface area contributed by atoms with Crippen molar-refractivity contribution in [2.75, 3.05) is 0 Å². The van der Waals surface area contributed by atoms with Crippen molar-refractivity contribution in [1.29, 1.82) is 0 Å². The third kappa shape index (κ3) is 2.25. The summed E-state index contributed by atoms with van der Waals surface area (Å²) in [6.07, 6.45) is 2.99. The normalized spacial score (nSPS) is 14.2. The van der Waals surface area contributed by atoms with Crippen LogP contribution in [0, 0.1) is 0 Å². The molecule has 1 aliphatic rings. The summed E-state index contributed by atoms with van der Waals surface area (Å²) in [5.41, 5.74) is 2.74. The quantitative estimate of drug-likeness (QED) is 0.624. The Morgan fingerprint density at radius 3 is 2.70 bits per heavy atom. The van der Waals surface area contributed by atoms with Crippen molar-refractivity contribution in [2.24, 2.45) is 7.05 Å². The van der Waals surface area contributed by atoms with Crippen LogP contribution in [0.3, 0.4) is 0 Å². The topological polar surface area (TPSA) is 39.8 Å². The Morgan fingerprint density at radius 2 is 1.96 bits per heavy atom. The number of fused-ring (bicyclic) bond motifs is 2. The van der Waals surface area contributed by atoms with E-state index in [1.54, 1.807) is 0 Å². The zero-order chi connectivity index (χ0) is 16.1. The van der Waals surface area contributed by atoms with E-state index in [1.807, 2.05) is 40.4 Å². The van der Waals surface area contributed by atoms with Crippen LogP contribution in [0.4, 0.5) is 0 Å². The molecular weight excluding hydrogens is 378 g/mol. The summed E-state index contributed by atoms with van der Waals surface area (Å²) < 4.78 is 4.61. The first-order valence-corrected chi connectivity index (χ1v) is 8.78. The van der Waals surface area contributed by atoms with E-state index in [0.717, 1.165) is 53.0 Å². The molecule has 0 aliphatic carbocycles. The molecule has 0 spiro atoms. The van der Waals surface area contributed by atoms with Crippen molar-refractivity contribution >= 4 is 38.6 Å². The molecule has 3 aromatic rings. The molecule has 118 valence electrons. The molecule has 2 aromatic heterocycles. The van der Waals surface area contributed by atoms with Crippen LogP contribution in [0.25, 0.3) is 22.3 Å². The number of rotatable bonds is 1. The molecule has 0 unspecified atom stereocenters. The van der Waals surface area contributed by atoms with Gasteiger partial charge in [0.05, 0.1) is 15.6 Å². The SMILES string of the molecule is Cn1c(-c2ccc(Cl)cc2)c(Br)c2c(=O)n3c(nc21)CCCC3. The summed E-state index contributed by atoms with van der Waals surface area (Å²) >= 11 is 9.61. The Balaban J connectivity index is 2.06. The number of aryl methyl sites for hydroxylation is 2. The summed E-state index contributed by atoms with van der Waals surface area (Å²) in [4.78, 5) is 17.7. The van der Waals surface area contributed by atoms with Gasteiger partial charge in [0, 0.05) is 25.0 Å². The van der Waals surface area contributed by atoms with E-state index in [4.69, 9.17) is 16.6 Å². The molecular formula is C17H15BrClN3O. The molecule has 3 heterocycles. The zero-order valence-corrected chi connectivity index (χ0v) is 15.0. The highest BCUT2D eigenvalue weighted by molar-refractivity contribution is 9.10. The maximum atomic E-state index is 12.9. The minimum absolute atomic E-state index is 0.0485. The van der Waals surface area contributed by atoms with Crippen LogP contribution in [0.1, 0.15) is 18.7 Å².